The number of rotatable bonds is 3. The SMILES string of the molecule is O=C(CC1CSCCN1)Nc1ccncc1Br. The van der Waals surface area contributed by atoms with Gasteiger partial charge in [-0.05, 0) is 22.0 Å². The van der Waals surface area contributed by atoms with Crippen LogP contribution in [0.5, 0.6) is 0 Å². The quantitative estimate of drug-likeness (QED) is 0.894. The zero-order valence-corrected chi connectivity index (χ0v) is 11.7. The molecule has 17 heavy (non-hydrogen) atoms. The Morgan fingerprint density at radius 1 is 1.71 bits per heavy atom. The standard InChI is InChI=1S/C11H14BrN3OS/c12-9-6-13-2-1-10(9)15-11(16)5-8-7-17-4-3-14-8/h1-2,6,8,14H,3-5,7H2,(H,13,15,16). The Morgan fingerprint density at radius 2 is 2.59 bits per heavy atom. The maximum absolute atomic E-state index is 11.8. The number of nitrogens with one attached hydrogen (secondary N) is 2. The lowest BCUT2D eigenvalue weighted by molar-refractivity contribution is -0.116. The van der Waals surface area contributed by atoms with Crippen molar-refractivity contribution < 1.29 is 4.79 Å². The number of amides is 1. The molecule has 1 saturated heterocycles. The Bertz CT molecular complexity index is 396. The fourth-order valence-electron chi connectivity index (χ4n) is 1.65. The van der Waals surface area contributed by atoms with Crippen molar-refractivity contribution in [1.82, 2.24) is 10.3 Å². The van der Waals surface area contributed by atoms with Crippen LogP contribution in [0.25, 0.3) is 0 Å². The molecule has 0 spiro atoms. The van der Waals surface area contributed by atoms with E-state index in [2.05, 4.69) is 31.5 Å². The molecule has 6 heteroatoms. The van der Waals surface area contributed by atoms with Gasteiger partial charge in [-0.2, -0.15) is 11.8 Å². The molecule has 0 radical (unpaired) electrons. The maximum atomic E-state index is 11.8. The van der Waals surface area contributed by atoms with Crippen molar-refractivity contribution in [2.45, 2.75) is 12.5 Å². The van der Waals surface area contributed by atoms with Crippen LogP contribution in [0.2, 0.25) is 0 Å². The average molecular weight is 316 g/mol. The minimum absolute atomic E-state index is 0.0388. The molecule has 0 aliphatic carbocycles. The third kappa shape index (κ3) is 3.97. The molecule has 1 amide bonds. The highest BCUT2D eigenvalue weighted by Crippen LogP contribution is 2.20. The van der Waals surface area contributed by atoms with Gasteiger partial charge in [-0.15, -0.1) is 0 Å². The van der Waals surface area contributed by atoms with Crippen LogP contribution in [0.1, 0.15) is 6.42 Å². The molecule has 2 rings (SSSR count). The topological polar surface area (TPSA) is 54.0 Å². The van der Waals surface area contributed by atoms with Crippen LogP contribution in [0.3, 0.4) is 0 Å². The maximum Gasteiger partial charge on any atom is 0.226 e. The Morgan fingerprint density at radius 3 is 3.29 bits per heavy atom. The molecule has 4 nitrogen and oxygen atoms in total. The second kappa shape index (κ2) is 6.37. The van der Waals surface area contributed by atoms with Gasteiger partial charge in [0, 0.05) is 42.9 Å². The molecule has 1 aromatic rings. The molecular weight excluding hydrogens is 302 g/mol. The van der Waals surface area contributed by atoms with Crippen molar-refractivity contribution in [1.29, 1.82) is 0 Å². The second-order valence-corrected chi connectivity index (χ2v) is 5.84. The summed E-state index contributed by atoms with van der Waals surface area (Å²) in [6.07, 6.45) is 3.85. The van der Waals surface area contributed by atoms with Crippen molar-refractivity contribution in [3.05, 3.63) is 22.9 Å². The van der Waals surface area contributed by atoms with Crippen molar-refractivity contribution in [2.24, 2.45) is 0 Å². The number of hydrogen-bond donors (Lipinski definition) is 2. The third-order valence-electron chi connectivity index (χ3n) is 2.48. The first-order valence-electron chi connectivity index (χ1n) is 5.46. The molecule has 1 aliphatic heterocycles. The highest BCUT2D eigenvalue weighted by atomic mass is 79.9. The first-order chi connectivity index (χ1) is 8.25. The highest BCUT2D eigenvalue weighted by Gasteiger charge is 2.17. The Kier molecular flexibility index (Phi) is 4.82. The fraction of sp³-hybridized carbons (Fsp3) is 0.455. The summed E-state index contributed by atoms with van der Waals surface area (Å²) in [5.74, 6) is 2.18. The molecular formula is C11H14BrN3OS. The smallest absolute Gasteiger partial charge is 0.226 e. The Hall–Kier alpha value is -0.590. The van der Waals surface area contributed by atoms with Gasteiger partial charge >= 0.3 is 0 Å². The van der Waals surface area contributed by atoms with Crippen molar-refractivity contribution in [3.8, 4) is 0 Å². The van der Waals surface area contributed by atoms with Crippen LogP contribution in [-0.4, -0.2) is 35.0 Å². The van der Waals surface area contributed by atoms with E-state index in [-0.39, 0.29) is 11.9 Å². The first-order valence-corrected chi connectivity index (χ1v) is 7.41. The summed E-state index contributed by atoms with van der Waals surface area (Å²) in [6.45, 7) is 0.988. The van der Waals surface area contributed by atoms with Crippen molar-refractivity contribution in [3.63, 3.8) is 0 Å². The Labute approximate surface area is 113 Å². The number of nitrogens with zero attached hydrogens (tertiary/aromatic N) is 1. The monoisotopic (exact) mass is 315 g/mol. The summed E-state index contributed by atoms with van der Waals surface area (Å²) >= 11 is 5.25. The predicted molar refractivity (Wildman–Crippen MR) is 74.3 cm³/mol. The predicted octanol–water partition coefficient (Wildman–Crippen LogP) is 1.88. The minimum atomic E-state index is 0.0388. The number of anilines is 1. The number of thioether (sulfide) groups is 1. The molecule has 0 saturated carbocycles. The van der Waals surface area contributed by atoms with Gasteiger partial charge in [0.2, 0.25) is 5.91 Å². The fourth-order valence-corrected chi connectivity index (χ4v) is 2.95. The summed E-state index contributed by atoms with van der Waals surface area (Å²) in [4.78, 5) is 15.8. The number of carbonyl (C=O) groups is 1. The number of carbonyl (C=O) groups excluding carboxylic acids is 1. The van der Waals surface area contributed by atoms with Gasteiger partial charge in [0.1, 0.15) is 0 Å². The van der Waals surface area contributed by atoms with Crippen molar-refractivity contribution in [2.75, 3.05) is 23.4 Å². The molecule has 1 atom stereocenters. The zero-order chi connectivity index (χ0) is 12.1. The van der Waals surface area contributed by atoms with Crippen LogP contribution < -0.4 is 10.6 Å². The lowest BCUT2D eigenvalue weighted by Crippen LogP contribution is -2.39. The van der Waals surface area contributed by atoms with Gasteiger partial charge < -0.3 is 10.6 Å². The van der Waals surface area contributed by atoms with E-state index in [0.29, 0.717) is 6.42 Å². The third-order valence-corrected chi connectivity index (χ3v) is 4.24. The molecule has 0 bridgehead atoms. The van der Waals surface area contributed by atoms with Crippen LogP contribution >= 0.6 is 27.7 Å². The minimum Gasteiger partial charge on any atom is -0.325 e. The normalized spacial score (nSPS) is 19.9. The summed E-state index contributed by atoms with van der Waals surface area (Å²) in [6, 6.07) is 2.07. The molecule has 1 aromatic heterocycles. The van der Waals surface area contributed by atoms with Crippen LogP contribution in [0.4, 0.5) is 5.69 Å². The van der Waals surface area contributed by atoms with Gasteiger partial charge in [0.05, 0.1) is 10.2 Å². The van der Waals surface area contributed by atoms with Crippen LogP contribution in [-0.2, 0) is 4.79 Å². The first kappa shape index (κ1) is 12.9. The van der Waals surface area contributed by atoms with E-state index in [4.69, 9.17) is 0 Å². The van der Waals surface area contributed by atoms with Gasteiger partial charge in [-0.3, -0.25) is 9.78 Å². The molecule has 92 valence electrons. The largest absolute Gasteiger partial charge is 0.325 e. The summed E-state index contributed by atoms with van der Waals surface area (Å²) in [7, 11) is 0. The van der Waals surface area contributed by atoms with E-state index in [0.717, 1.165) is 28.2 Å². The van der Waals surface area contributed by atoms with Gasteiger partial charge in [0.15, 0.2) is 0 Å². The van der Waals surface area contributed by atoms with E-state index in [1.807, 2.05) is 11.8 Å². The van der Waals surface area contributed by atoms with E-state index in [1.165, 1.54) is 0 Å². The zero-order valence-electron chi connectivity index (χ0n) is 9.28. The number of hydrogen-bond acceptors (Lipinski definition) is 4. The van der Waals surface area contributed by atoms with E-state index >= 15 is 0 Å². The molecule has 0 aromatic carbocycles. The van der Waals surface area contributed by atoms with Crippen LogP contribution in [0.15, 0.2) is 22.9 Å². The van der Waals surface area contributed by atoms with E-state index in [1.54, 1.807) is 18.5 Å². The second-order valence-electron chi connectivity index (χ2n) is 3.83. The number of pyridine rings is 1. The molecule has 2 N–H and O–H groups in total. The lowest BCUT2D eigenvalue weighted by Gasteiger charge is -2.22. The average Bonchev–Trinajstić information content (AvgIpc) is 2.33. The lowest BCUT2D eigenvalue weighted by atomic mass is 10.2. The van der Waals surface area contributed by atoms with E-state index < -0.39 is 0 Å². The highest BCUT2D eigenvalue weighted by molar-refractivity contribution is 9.10. The molecule has 1 fully saturated rings. The van der Waals surface area contributed by atoms with Gasteiger partial charge in [0.25, 0.3) is 0 Å². The van der Waals surface area contributed by atoms with Crippen molar-refractivity contribution >= 4 is 39.3 Å². The Balaban J connectivity index is 1.86. The molecule has 1 unspecified atom stereocenters. The summed E-state index contributed by atoms with van der Waals surface area (Å²) < 4.78 is 0.805. The number of halogens is 1. The molecule has 2 heterocycles. The van der Waals surface area contributed by atoms with Gasteiger partial charge in [-0.1, -0.05) is 0 Å². The van der Waals surface area contributed by atoms with Gasteiger partial charge in [-0.25, -0.2) is 0 Å². The van der Waals surface area contributed by atoms with Crippen LogP contribution in [0, 0.1) is 0 Å². The molecule has 1 aliphatic rings. The summed E-state index contributed by atoms with van der Waals surface area (Å²) in [5, 5.41) is 6.23. The summed E-state index contributed by atoms with van der Waals surface area (Å²) in [5.41, 5.74) is 0.772. The van der Waals surface area contributed by atoms with E-state index in [9.17, 15) is 4.79 Å². The number of aromatic nitrogens is 1.